The lowest BCUT2D eigenvalue weighted by Gasteiger charge is -2.27. The third-order valence-electron chi connectivity index (χ3n) is 5.94. The fraction of sp³-hybridized carbons (Fsp3) is 0.524. The van der Waals surface area contributed by atoms with E-state index in [1.54, 1.807) is 18.9 Å². The standard InChI is InChI=1S/C21H26N4O3S/c1-27-15-4-5-16-18(11-15)29-13-17-19(21(26)24-7-9-28-10-8-24)23-25(20(16)17)14-3-2-6-22-12-14/h4-5,11,14,22H,2-3,6-10,12-13H2,1H3. The first kappa shape index (κ1) is 19.0. The highest BCUT2D eigenvalue weighted by atomic mass is 32.2. The van der Waals surface area contributed by atoms with Crippen molar-refractivity contribution in [1.29, 1.82) is 0 Å². The van der Waals surface area contributed by atoms with Crippen LogP contribution in [0.25, 0.3) is 11.3 Å². The molecule has 0 radical (unpaired) electrons. The van der Waals surface area contributed by atoms with Gasteiger partial charge < -0.3 is 19.7 Å². The number of methoxy groups -OCH3 is 1. The molecule has 0 bridgehead atoms. The summed E-state index contributed by atoms with van der Waals surface area (Å²) in [6, 6.07) is 6.45. The zero-order chi connectivity index (χ0) is 19.8. The molecule has 1 unspecified atom stereocenters. The van der Waals surface area contributed by atoms with Crippen LogP contribution in [0.1, 0.15) is 34.9 Å². The van der Waals surface area contributed by atoms with Crippen LogP contribution >= 0.6 is 11.8 Å². The van der Waals surface area contributed by atoms with Crippen molar-refractivity contribution in [3.63, 3.8) is 0 Å². The smallest absolute Gasteiger partial charge is 0.274 e. The quantitative estimate of drug-likeness (QED) is 0.833. The highest BCUT2D eigenvalue weighted by Crippen LogP contribution is 2.45. The van der Waals surface area contributed by atoms with Crippen LogP contribution in [0, 0.1) is 0 Å². The highest BCUT2D eigenvalue weighted by molar-refractivity contribution is 7.98. The molecule has 2 fully saturated rings. The lowest BCUT2D eigenvalue weighted by atomic mass is 10.0. The number of benzene rings is 1. The van der Waals surface area contributed by atoms with Crippen LogP contribution in [0.2, 0.25) is 0 Å². The summed E-state index contributed by atoms with van der Waals surface area (Å²) in [6.45, 7) is 4.39. The maximum atomic E-state index is 13.3. The monoisotopic (exact) mass is 414 g/mol. The van der Waals surface area contributed by atoms with E-state index in [1.165, 1.54) is 4.90 Å². The SMILES string of the molecule is COc1ccc2c(c1)SCc1c(C(=O)N3CCOCC3)nn(C3CCCNC3)c1-2. The van der Waals surface area contributed by atoms with Gasteiger partial charge in [-0.3, -0.25) is 9.48 Å². The Morgan fingerprint density at radius 3 is 2.97 bits per heavy atom. The number of thioether (sulfide) groups is 1. The molecule has 29 heavy (non-hydrogen) atoms. The normalized spacial score (nSPS) is 21.4. The van der Waals surface area contributed by atoms with Gasteiger partial charge in [0, 0.05) is 41.4 Å². The maximum absolute atomic E-state index is 13.3. The number of amides is 1. The Hall–Kier alpha value is -2.03. The van der Waals surface area contributed by atoms with Gasteiger partial charge in [0.05, 0.1) is 32.1 Å². The lowest BCUT2D eigenvalue weighted by molar-refractivity contribution is 0.0297. The van der Waals surface area contributed by atoms with Crippen molar-refractivity contribution in [2.45, 2.75) is 29.5 Å². The number of piperidine rings is 1. The highest BCUT2D eigenvalue weighted by Gasteiger charge is 2.33. The summed E-state index contributed by atoms with van der Waals surface area (Å²) in [5, 5.41) is 8.42. The Balaban J connectivity index is 1.61. The Labute approximate surface area is 174 Å². The minimum Gasteiger partial charge on any atom is -0.497 e. The van der Waals surface area contributed by atoms with Crippen LogP contribution in [-0.4, -0.2) is 67.1 Å². The van der Waals surface area contributed by atoms with Gasteiger partial charge in [-0.25, -0.2) is 0 Å². The van der Waals surface area contributed by atoms with Crippen LogP contribution < -0.4 is 10.1 Å². The Morgan fingerprint density at radius 2 is 2.21 bits per heavy atom. The number of fused-ring (bicyclic) bond motifs is 3. The van der Waals surface area contributed by atoms with Gasteiger partial charge in [-0.15, -0.1) is 11.8 Å². The topological polar surface area (TPSA) is 68.6 Å². The number of aromatic nitrogens is 2. The molecule has 2 saturated heterocycles. The van der Waals surface area contributed by atoms with Gasteiger partial charge in [-0.05, 0) is 37.6 Å². The van der Waals surface area contributed by atoms with E-state index in [-0.39, 0.29) is 11.9 Å². The van der Waals surface area contributed by atoms with Crippen LogP contribution in [0.4, 0.5) is 0 Å². The summed E-state index contributed by atoms with van der Waals surface area (Å²) < 4.78 is 13.0. The Bertz CT molecular complexity index is 917. The van der Waals surface area contributed by atoms with E-state index in [0.29, 0.717) is 32.0 Å². The molecule has 5 rings (SSSR count). The summed E-state index contributed by atoms with van der Waals surface area (Å²) >= 11 is 1.75. The van der Waals surface area contributed by atoms with E-state index >= 15 is 0 Å². The minimum atomic E-state index is 0.0321. The first-order valence-electron chi connectivity index (χ1n) is 10.3. The van der Waals surface area contributed by atoms with E-state index in [0.717, 1.165) is 54.3 Å². The van der Waals surface area contributed by atoms with E-state index in [9.17, 15) is 4.79 Å². The molecule has 1 aromatic carbocycles. The van der Waals surface area contributed by atoms with E-state index in [1.807, 2.05) is 11.0 Å². The number of carbonyl (C=O) groups excluding carboxylic acids is 1. The van der Waals surface area contributed by atoms with Gasteiger partial charge in [0.15, 0.2) is 5.69 Å². The molecule has 154 valence electrons. The van der Waals surface area contributed by atoms with E-state index in [2.05, 4.69) is 22.1 Å². The molecule has 4 heterocycles. The lowest BCUT2D eigenvalue weighted by Crippen LogP contribution is -2.41. The zero-order valence-electron chi connectivity index (χ0n) is 16.6. The molecule has 1 amide bonds. The maximum Gasteiger partial charge on any atom is 0.274 e. The molecule has 0 spiro atoms. The van der Waals surface area contributed by atoms with Crippen molar-refractivity contribution in [2.24, 2.45) is 0 Å². The average molecular weight is 415 g/mol. The first-order valence-corrected chi connectivity index (χ1v) is 11.2. The van der Waals surface area contributed by atoms with Crippen molar-refractivity contribution >= 4 is 17.7 Å². The average Bonchev–Trinajstić information content (AvgIpc) is 3.19. The molecular formula is C21H26N4O3S. The van der Waals surface area contributed by atoms with Crippen molar-refractivity contribution < 1.29 is 14.3 Å². The van der Waals surface area contributed by atoms with Crippen molar-refractivity contribution in [3.8, 4) is 17.0 Å². The summed E-state index contributed by atoms with van der Waals surface area (Å²) in [5.41, 5.74) is 3.93. The van der Waals surface area contributed by atoms with Gasteiger partial charge in [0.1, 0.15) is 5.75 Å². The molecule has 0 saturated carbocycles. The van der Waals surface area contributed by atoms with E-state index in [4.69, 9.17) is 14.6 Å². The summed E-state index contributed by atoms with van der Waals surface area (Å²) in [7, 11) is 1.69. The molecule has 8 heteroatoms. The predicted molar refractivity (Wildman–Crippen MR) is 112 cm³/mol. The van der Waals surface area contributed by atoms with Crippen LogP contribution in [0.5, 0.6) is 5.75 Å². The van der Waals surface area contributed by atoms with Gasteiger partial charge in [0.2, 0.25) is 0 Å². The second-order valence-corrected chi connectivity index (χ2v) is 8.69. The number of rotatable bonds is 3. The Morgan fingerprint density at radius 1 is 1.34 bits per heavy atom. The van der Waals surface area contributed by atoms with Gasteiger partial charge in [-0.2, -0.15) is 5.10 Å². The van der Waals surface area contributed by atoms with Crippen LogP contribution in [-0.2, 0) is 10.5 Å². The van der Waals surface area contributed by atoms with Crippen molar-refractivity contribution in [3.05, 3.63) is 29.5 Å². The van der Waals surface area contributed by atoms with Crippen molar-refractivity contribution in [2.75, 3.05) is 46.5 Å². The number of hydrogen-bond donors (Lipinski definition) is 1. The Kier molecular flexibility index (Phi) is 5.24. The number of nitrogens with one attached hydrogen (secondary N) is 1. The first-order chi connectivity index (χ1) is 14.3. The van der Waals surface area contributed by atoms with Gasteiger partial charge >= 0.3 is 0 Å². The second-order valence-electron chi connectivity index (χ2n) is 7.68. The van der Waals surface area contributed by atoms with Gasteiger partial charge in [-0.1, -0.05) is 0 Å². The van der Waals surface area contributed by atoms with Gasteiger partial charge in [0.25, 0.3) is 5.91 Å². The predicted octanol–water partition coefficient (Wildman–Crippen LogP) is 2.56. The number of ether oxygens (including phenoxy) is 2. The third kappa shape index (κ3) is 3.43. The molecule has 0 aliphatic carbocycles. The summed E-state index contributed by atoms with van der Waals surface area (Å²) in [6.07, 6.45) is 2.20. The molecule has 2 aromatic rings. The summed E-state index contributed by atoms with van der Waals surface area (Å²) in [5.74, 6) is 1.64. The molecule has 1 aromatic heterocycles. The number of morpholine rings is 1. The van der Waals surface area contributed by atoms with Crippen LogP contribution in [0.3, 0.4) is 0 Å². The molecular weight excluding hydrogens is 388 g/mol. The number of nitrogens with zero attached hydrogens (tertiary/aromatic N) is 3. The molecule has 7 nitrogen and oxygen atoms in total. The fourth-order valence-corrected chi connectivity index (χ4v) is 5.47. The number of carbonyl (C=O) groups is 1. The zero-order valence-corrected chi connectivity index (χ0v) is 17.5. The molecule has 3 aliphatic rings. The molecule has 1 atom stereocenters. The van der Waals surface area contributed by atoms with E-state index < -0.39 is 0 Å². The largest absolute Gasteiger partial charge is 0.497 e. The second kappa shape index (κ2) is 8.01. The molecule has 3 aliphatic heterocycles. The minimum absolute atomic E-state index is 0.0321. The van der Waals surface area contributed by atoms with Crippen molar-refractivity contribution in [1.82, 2.24) is 20.0 Å². The summed E-state index contributed by atoms with van der Waals surface area (Å²) in [4.78, 5) is 16.4. The third-order valence-corrected chi connectivity index (χ3v) is 7.02. The fourth-order valence-electron chi connectivity index (χ4n) is 4.38. The number of hydrogen-bond acceptors (Lipinski definition) is 6. The van der Waals surface area contributed by atoms with Crippen LogP contribution in [0.15, 0.2) is 23.1 Å². The molecule has 1 N–H and O–H groups in total.